The Balaban J connectivity index is 2.68. The van der Waals surface area contributed by atoms with Crippen LogP contribution in [0.4, 0.5) is 4.39 Å². The van der Waals surface area contributed by atoms with Gasteiger partial charge in [-0.15, -0.1) is 11.8 Å². The van der Waals surface area contributed by atoms with Crippen LogP contribution in [0.15, 0.2) is 11.0 Å². The van der Waals surface area contributed by atoms with Gasteiger partial charge in [0.25, 0.3) is 0 Å². The summed E-state index contributed by atoms with van der Waals surface area (Å²) >= 11 is 7.17. The third-order valence-corrected chi connectivity index (χ3v) is 3.77. The van der Waals surface area contributed by atoms with E-state index in [2.05, 4.69) is 0 Å². The Bertz CT molecular complexity index is 434. The van der Waals surface area contributed by atoms with Gasteiger partial charge in [-0.05, 0) is 30.2 Å². The van der Waals surface area contributed by atoms with Crippen LogP contribution in [-0.4, -0.2) is 16.8 Å². The van der Waals surface area contributed by atoms with Gasteiger partial charge in [0.2, 0.25) is 0 Å². The van der Waals surface area contributed by atoms with Crippen LogP contribution < -0.4 is 0 Å². The molecule has 1 aliphatic rings. The van der Waals surface area contributed by atoms with Crippen molar-refractivity contribution in [1.82, 2.24) is 0 Å². The van der Waals surface area contributed by atoms with Crippen molar-refractivity contribution in [3.05, 3.63) is 28.0 Å². The summed E-state index contributed by atoms with van der Waals surface area (Å²) in [6.45, 7) is 0. The molecular weight excluding hydrogens is 239 g/mol. The van der Waals surface area contributed by atoms with E-state index in [9.17, 15) is 9.18 Å². The van der Waals surface area contributed by atoms with Crippen LogP contribution in [0.3, 0.4) is 0 Å². The maximum Gasteiger partial charge on any atom is 0.339 e. The standard InChI is InChI=1S/C10H8ClFO2S/c11-6-4-7-5(2-1-3-15-7)8(9(6)12)10(13)14/h4H,1-3H2,(H,13,14). The van der Waals surface area contributed by atoms with Crippen LogP contribution >= 0.6 is 23.4 Å². The molecule has 1 aromatic carbocycles. The number of fused-ring (bicyclic) bond motifs is 1. The predicted molar refractivity (Wildman–Crippen MR) is 57.4 cm³/mol. The van der Waals surface area contributed by atoms with Gasteiger partial charge in [0.15, 0.2) is 5.82 Å². The van der Waals surface area contributed by atoms with E-state index in [4.69, 9.17) is 16.7 Å². The minimum atomic E-state index is -1.24. The lowest BCUT2D eigenvalue weighted by atomic mass is 10.0. The lowest BCUT2D eigenvalue weighted by Gasteiger charge is -2.18. The van der Waals surface area contributed by atoms with Gasteiger partial charge >= 0.3 is 5.97 Å². The lowest BCUT2D eigenvalue weighted by Crippen LogP contribution is -2.11. The molecule has 1 aliphatic heterocycles. The number of carboxylic acid groups (broad SMARTS) is 1. The average molecular weight is 247 g/mol. The Hall–Kier alpha value is -0.740. The van der Waals surface area contributed by atoms with Crippen molar-refractivity contribution in [3.8, 4) is 0 Å². The van der Waals surface area contributed by atoms with E-state index in [0.717, 1.165) is 17.1 Å². The summed E-state index contributed by atoms with van der Waals surface area (Å²) in [5.74, 6) is -1.13. The van der Waals surface area contributed by atoms with Gasteiger partial charge in [0, 0.05) is 4.90 Å². The maximum absolute atomic E-state index is 13.5. The Morgan fingerprint density at radius 3 is 3.00 bits per heavy atom. The van der Waals surface area contributed by atoms with Crippen molar-refractivity contribution in [3.63, 3.8) is 0 Å². The lowest BCUT2D eigenvalue weighted by molar-refractivity contribution is 0.0690. The first-order valence-corrected chi connectivity index (χ1v) is 5.84. The minimum Gasteiger partial charge on any atom is -0.478 e. The summed E-state index contributed by atoms with van der Waals surface area (Å²) in [5, 5.41) is 8.83. The van der Waals surface area contributed by atoms with E-state index in [1.807, 2.05) is 0 Å². The van der Waals surface area contributed by atoms with Crippen LogP contribution in [0.5, 0.6) is 0 Å². The molecule has 0 radical (unpaired) electrons. The molecule has 0 atom stereocenters. The first-order chi connectivity index (χ1) is 7.11. The molecule has 0 saturated carbocycles. The van der Waals surface area contributed by atoms with Gasteiger partial charge < -0.3 is 5.11 Å². The molecule has 0 unspecified atom stereocenters. The molecule has 5 heteroatoms. The Labute approximate surface area is 95.4 Å². The summed E-state index contributed by atoms with van der Waals surface area (Å²) in [5.41, 5.74) is 0.324. The Morgan fingerprint density at radius 2 is 2.33 bits per heavy atom. The van der Waals surface area contributed by atoms with Crippen LogP contribution in [0.25, 0.3) is 0 Å². The number of benzene rings is 1. The number of hydrogen-bond donors (Lipinski definition) is 1. The Morgan fingerprint density at radius 1 is 1.60 bits per heavy atom. The van der Waals surface area contributed by atoms with E-state index >= 15 is 0 Å². The SMILES string of the molecule is O=C(O)c1c(F)c(Cl)cc2c1CCCS2. The van der Waals surface area contributed by atoms with Crippen molar-refractivity contribution in [2.45, 2.75) is 17.7 Å². The molecule has 15 heavy (non-hydrogen) atoms. The zero-order valence-electron chi connectivity index (χ0n) is 7.72. The zero-order chi connectivity index (χ0) is 11.0. The van der Waals surface area contributed by atoms with Crippen molar-refractivity contribution in [1.29, 1.82) is 0 Å². The summed E-state index contributed by atoms with van der Waals surface area (Å²) in [6.07, 6.45) is 1.48. The molecule has 0 fully saturated rings. The Kier molecular flexibility index (Phi) is 2.89. The predicted octanol–water partition coefficient (Wildman–Crippen LogP) is 3.22. The van der Waals surface area contributed by atoms with Crippen LogP contribution in [0.1, 0.15) is 22.3 Å². The highest BCUT2D eigenvalue weighted by atomic mass is 35.5. The molecule has 0 bridgehead atoms. The molecule has 2 rings (SSSR count). The fraction of sp³-hybridized carbons (Fsp3) is 0.300. The zero-order valence-corrected chi connectivity index (χ0v) is 9.29. The quantitative estimate of drug-likeness (QED) is 0.827. The van der Waals surface area contributed by atoms with E-state index in [-0.39, 0.29) is 10.6 Å². The number of aromatic carboxylic acids is 1. The summed E-state index contributed by atoms with van der Waals surface area (Å²) in [4.78, 5) is 11.7. The van der Waals surface area contributed by atoms with Crippen LogP contribution in [0, 0.1) is 5.82 Å². The summed E-state index contributed by atoms with van der Waals surface area (Å²) in [6, 6.07) is 1.52. The van der Waals surface area contributed by atoms with Crippen LogP contribution in [0.2, 0.25) is 5.02 Å². The van der Waals surface area contributed by atoms with Gasteiger partial charge in [0.1, 0.15) is 5.56 Å². The number of thioether (sulfide) groups is 1. The second-order valence-corrected chi connectivity index (χ2v) is 4.83. The fourth-order valence-corrected chi connectivity index (χ4v) is 3.03. The number of rotatable bonds is 1. The molecule has 0 saturated heterocycles. The molecule has 0 amide bonds. The molecule has 1 aromatic rings. The number of carbonyl (C=O) groups is 1. The van der Waals surface area contributed by atoms with E-state index < -0.39 is 11.8 Å². The van der Waals surface area contributed by atoms with E-state index in [1.54, 1.807) is 0 Å². The number of carboxylic acids is 1. The first kappa shape index (κ1) is 10.8. The molecule has 0 aliphatic carbocycles. The number of halogens is 2. The molecule has 2 nitrogen and oxygen atoms in total. The molecule has 1 heterocycles. The summed E-state index contributed by atoms with van der Waals surface area (Å²) < 4.78 is 13.5. The first-order valence-electron chi connectivity index (χ1n) is 4.48. The minimum absolute atomic E-state index is 0.111. The van der Waals surface area contributed by atoms with Gasteiger partial charge in [-0.2, -0.15) is 0 Å². The maximum atomic E-state index is 13.5. The highest BCUT2D eigenvalue weighted by Gasteiger charge is 2.24. The van der Waals surface area contributed by atoms with Crippen molar-refractivity contribution in [2.24, 2.45) is 0 Å². The third-order valence-electron chi connectivity index (χ3n) is 2.33. The molecule has 0 aromatic heterocycles. The normalized spacial score (nSPS) is 14.8. The highest BCUT2D eigenvalue weighted by molar-refractivity contribution is 7.99. The van der Waals surface area contributed by atoms with Gasteiger partial charge in [-0.25, -0.2) is 9.18 Å². The molecule has 80 valence electrons. The average Bonchev–Trinajstić information content (AvgIpc) is 2.19. The molecule has 1 N–H and O–H groups in total. The smallest absolute Gasteiger partial charge is 0.339 e. The summed E-state index contributed by atoms with van der Waals surface area (Å²) in [7, 11) is 0. The van der Waals surface area contributed by atoms with E-state index in [0.29, 0.717) is 12.0 Å². The topological polar surface area (TPSA) is 37.3 Å². The molecule has 0 spiro atoms. The van der Waals surface area contributed by atoms with Crippen LogP contribution in [-0.2, 0) is 6.42 Å². The number of hydrogen-bond acceptors (Lipinski definition) is 2. The fourth-order valence-electron chi connectivity index (χ4n) is 1.67. The third kappa shape index (κ3) is 1.84. The largest absolute Gasteiger partial charge is 0.478 e. The van der Waals surface area contributed by atoms with Gasteiger partial charge in [-0.3, -0.25) is 0 Å². The highest BCUT2D eigenvalue weighted by Crippen LogP contribution is 2.36. The monoisotopic (exact) mass is 246 g/mol. The second kappa shape index (κ2) is 4.02. The second-order valence-electron chi connectivity index (χ2n) is 3.28. The van der Waals surface area contributed by atoms with Crippen molar-refractivity contribution >= 4 is 29.3 Å². The van der Waals surface area contributed by atoms with Crippen molar-refractivity contribution in [2.75, 3.05) is 5.75 Å². The van der Waals surface area contributed by atoms with Gasteiger partial charge in [0.05, 0.1) is 5.02 Å². The van der Waals surface area contributed by atoms with E-state index in [1.165, 1.54) is 17.8 Å². The van der Waals surface area contributed by atoms with Crippen molar-refractivity contribution < 1.29 is 14.3 Å². The molecular formula is C10H8ClFO2S. The van der Waals surface area contributed by atoms with Gasteiger partial charge in [-0.1, -0.05) is 11.6 Å².